The maximum Gasteiger partial charge on any atom is 0.339 e. The maximum absolute atomic E-state index is 13.7. The lowest BCUT2D eigenvalue weighted by Gasteiger charge is -2.06. The number of hydrogen-bond donors (Lipinski definition) is 1. The Labute approximate surface area is 110 Å². The predicted molar refractivity (Wildman–Crippen MR) is 69.6 cm³/mol. The van der Waals surface area contributed by atoms with Gasteiger partial charge < -0.3 is 5.11 Å². The molecular weight excluding hydrogens is 247 g/mol. The van der Waals surface area contributed by atoms with E-state index in [2.05, 4.69) is 5.10 Å². The van der Waals surface area contributed by atoms with Crippen molar-refractivity contribution >= 4 is 5.97 Å². The van der Waals surface area contributed by atoms with Crippen molar-refractivity contribution in [1.29, 1.82) is 0 Å². The zero-order chi connectivity index (χ0) is 14.0. The van der Waals surface area contributed by atoms with Crippen LogP contribution in [0.1, 0.15) is 29.4 Å². The molecule has 0 atom stereocenters. The summed E-state index contributed by atoms with van der Waals surface area (Å²) >= 11 is 0. The standard InChI is InChI=1S/C14H15FN2O2/c1-3-5-12-10(8-17(2)16-12)9-6-4-7-11(15)13(9)14(18)19/h4,6-8H,3,5H2,1-2H3,(H,18,19). The fourth-order valence-electron chi connectivity index (χ4n) is 2.15. The number of aryl methyl sites for hydroxylation is 2. The fourth-order valence-corrected chi connectivity index (χ4v) is 2.15. The number of carboxylic acid groups (broad SMARTS) is 1. The van der Waals surface area contributed by atoms with E-state index in [1.54, 1.807) is 24.0 Å². The first-order valence-corrected chi connectivity index (χ1v) is 6.09. The van der Waals surface area contributed by atoms with Crippen LogP contribution in [0.5, 0.6) is 0 Å². The van der Waals surface area contributed by atoms with Crippen molar-refractivity contribution in [3.63, 3.8) is 0 Å². The number of halogens is 1. The van der Waals surface area contributed by atoms with Crippen molar-refractivity contribution in [2.24, 2.45) is 7.05 Å². The average Bonchev–Trinajstić information content (AvgIpc) is 2.70. The molecule has 19 heavy (non-hydrogen) atoms. The zero-order valence-corrected chi connectivity index (χ0v) is 10.9. The van der Waals surface area contributed by atoms with E-state index in [9.17, 15) is 9.18 Å². The Morgan fingerprint density at radius 3 is 2.79 bits per heavy atom. The van der Waals surface area contributed by atoms with Crippen molar-refractivity contribution in [3.8, 4) is 11.1 Å². The Kier molecular flexibility index (Phi) is 3.64. The summed E-state index contributed by atoms with van der Waals surface area (Å²) in [6.07, 6.45) is 3.35. The van der Waals surface area contributed by atoms with Gasteiger partial charge in [-0.05, 0) is 12.5 Å². The number of rotatable bonds is 4. The van der Waals surface area contributed by atoms with Gasteiger partial charge in [0.1, 0.15) is 11.4 Å². The van der Waals surface area contributed by atoms with Gasteiger partial charge in [0.15, 0.2) is 0 Å². The molecule has 5 heteroatoms. The second kappa shape index (κ2) is 5.22. The minimum atomic E-state index is -1.26. The number of nitrogens with zero attached hydrogens (tertiary/aromatic N) is 2. The molecule has 1 N–H and O–H groups in total. The summed E-state index contributed by atoms with van der Waals surface area (Å²) < 4.78 is 15.3. The fraction of sp³-hybridized carbons (Fsp3) is 0.286. The molecule has 0 aliphatic carbocycles. The molecule has 0 aliphatic heterocycles. The van der Waals surface area contributed by atoms with E-state index >= 15 is 0 Å². The second-order valence-electron chi connectivity index (χ2n) is 4.38. The van der Waals surface area contributed by atoms with Crippen LogP contribution < -0.4 is 0 Å². The molecule has 0 aliphatic rings. The molecule has 2 aromatic rings. The van der Waals surface area contributed by atoms with E-state index in [0.29, 0.717) is 11.1 Å². The molecule has 0 saturated carbocycles. The van der Waals surface area contributed by atoms with Crippen LogP contribution in [-0.2, 0) is 13.5 Å². The van der Waals surface area contributed by atoms with Crippen LogP contribution in [0.2, 0.25) is 0 Å². The van der Waals surface area contributed by atoms with Gasteiger partial charge in [-0.25, -0.2) is 9.18 Å². The number of carbonyl (C=O) groups is 1. The molecule has 0 amide bonds. The smallest absolute Gasteiger partial charge is 0.339 e. The first-order chi connectivity index (χ1) is 9.04. The molecule has 0 bridgehead atoms. The molecule has 1 aromatic heterocycles. The Hall–Kier alpha value is -2.17. The van der Waals surface area contributed by atoms with Gasteiger partial charge in [0.2, 0.25) is 0 Å². The summed E-state index contributed by atoms with van der Waals surface area (Å²) in [4.78, 5) is 11.2. The Balaban J connectivity index is 2.65. The van der Waals surface area contributed by atoms with Gasteiger partial charge in [0, 0.05) is 24.4 Å². The third-order valence-electron chi connectivity index (χ3n) is 2.91. The van der Waals surface area contributed by atoms with E-state index in [1.807, 2.05) is 6.92 Å². The maximum atomic E-state index is 13.7. The Morgan fingerprint density at radius 2 is 2.16 bits per heavy atom. The Morgan fingerprint density at radius 1 is 1.42 bits per heavy atom. The van der Waals surface area contributed by atoms with Crippen molar-refractivity contribution in [1.82, 2.24) is 9.78 Å². The SMILES string of the molecule is CCCc1nn(C)cc1-c1cccc(F)c1C(=O)O. The molecule has 4 nitrogen and oxygen atoms in total. The van der Waals surface area contributed by atoms with Gasteiger partial charge in [-0.1, -0.05) is 25.5 Å². The van der Waals surface area contributed by atoms with Crippen LogP contribution in [0.4, 0.5) is 4.39 Å². The van der Waals surface area contributed by atoms with Crippen LogP contribution in [0.3, 0.4) is 0 Å². The third kappa shape index (κ3) is 2.50. The second-order valence-corrected chi connectivity index (χ2v) is 4.38. The zero-order valence-electron chi connectivity index (χ0n) is 10.9. The molecule has 0 saturated heterocycles. The lowest BCUT2D eigenvalue weighted by molar-refractivity contribution is 0.0693. The van der Waals surface area contributed by atoms with Crippen LogP contribution in [0.25, 0.3) is 11.1 Å². The van der Waals surface area contributed by atoms with Gasteiger partial charge in [0.25, 0.3) is 0 Å². The van der Waals surface area contributed by atoms with Crippen molar-refractivity contribution in [2.75, 3.05) is 0 Å². The van der Waals surface area contributed by atoms with Crippen LogP contribution in [0, 0.1) is 5.82 Å². The lowest BCUT2D eigenvalue weighted by Crippen LogP contribution is -2.04. The van der Waals surface area contributed by atoms with E-state index < -0.39 is 11.8 Å². The molecule has 2 rings (SSSR count). The van der Waals surface area contributed by atoms with Crippen molar-refractivity contribution in [3.05, 3.63) is 41.5 Å². The highest BCUT2D eigenvalue weighted by Gasteiger charge is 2.20. The van der Waals surface area contributed by atoms with E-state index in [0.717, 1.165) is 24.6 Å². The summed E-state index contributed by atoms with van der Waals surface area (Å²) in [5, 5.41) is 13.5. The highest BCUT2D eigenvalue weighted by atomic mass is 19.1. The van der Waals surface area contributed by atoms with Crippen LogP contribution in [-0.4, -0.2) is 20.9 Å². The van der Waals surface area contributed by atoms with E-state index in [1.165, 1.54) is 6.07 Å². The lowest BCUT2D eigenvalue weighted by atomic mass is 9.98. The van der Waals surface area contributed by atoms with Gasteiger partial charge >= 0.3 is 5.97 Å². The van der Waals surface area contributed by atoms with Gasteiger partial charge in [-0.15, -0.1) is 0 Å². The summed E-state index contributed by atoms with van der Waals surface area (Å²) in [6.45, 7) is 2.02. The number of hydrogen-bond acceptors (Lipinski definition) is 2. The molecule has 100 valence electrons. The first kappa shape index (κ1) is 13.3. The quantitative estimate of drug-likeness (QED) is 0.921. The summed E-state index contributed by atoms with van der Waals surface area (Å²) in [6, 6.07) is 4.28. The third-order valence-corrected chi connectivity index (χ3v) is 2.91. The number of benzene rings is 1. The Bertz CT molecular complexity index is 620. The first-order valence-electron chi connectivity index (χ1n) is 6.09. The predicted octanol–water partition coefficient (Wildman–Crippen LogP) is 2.88. The minimum Gasteiger partial charge on any atom is -0.478 e. The highest BCUT2D eigenvalue weighted by Crippen LogP contribution is 2.29. The molecule has 0 fully saturated rings. The number of carboxylic acids is 1. The molecule has 0 radical (unpaired) electrons. The molecule has 0 spiro atoms. The van der Waals surface area contributed by atoms with Crippen molar-refractivity contribution < 1.29 is 14.3 Å². The number of aromatic carboxylic acids is 1. The van der Waals surface area contributed by atoms with Gasteiger partial charge in [-0.2, -0.15) is 5.10 Å². The largest absolute Gasteiger partial charge is 0.478 e. The molecular formula is C14H15FN2O2. The summed E-state index contributed by atoms with van der Waals surface area (Å²) in [5.74, 6) is -1.99. The molecule has 1 aromatic carbocycles. The summed E-state index contributed by atoms with van der Waals surface area (Å²) in [7, 11) is 1.77. The minimum absolute atomic E-state index is 0.298. The molecule has 1 heterocycles. The van der Waals surface area contributed by atoms with E-state index in [4.69, 9.17) is 5.11 Å². The van der Waals surface area contributed by atoms with Crippen molar-refractivity contribution in [2.45, 2.75) is 19.8 Å². The normalized spacial score (nSPS) is 10.7. The number of aromatic nitrogens is 2. The van der Waals surface area contributed by atoms with Gasteiger partial charge in [-0.3, -0.25) is 4.68 Å². The highest BCUT2D eigenvalue weighted by molar-refractivity contribution is 5.96. The van der Waals surface area contributed by atoms with Crippen LogP contribution in [0.15, 0.2) is 24.4 Å². The van der Waals surface area contributed by atoms with Crippen LogP contribution >= 0.6 is 0 Å². The molecule has 0 unspecified atom stereocenters. The average molecular weight is 262 g/mol. The summed E-state index contributed by atoms with van der Waals surface area (Å²) in [5.41, 5.74) is 1.55. The van der Waals surface area contributed by atoms with Gasteiger partial charge in [0.05, 0.1) is 5.69 Å². The topological polar surface area (TPSA) is 55.1 Å². The monoisotopic (exact) mass is 262 g/mol. The van der Waals surface area contributed by atoms with E-state index in [-0.39, 0.29) is 5.56 Å².